The Morgan fingerprint density at radius 2 is 1.78 bits per heavy atom. The van der Waals surface area contributed by atoms with Crippen LogP contribution in [0.3, 0.4) is 0 Å². The van der Waals surface area contributed by atoms with Gasteiger partial charge in [-0.25, -0.2) is 4.79 Å². The normalized spacial score (nSPS) is 30.9. The van der Waals surface area contributed by atoms with E-state index in [1.54, 1.807) is 48.5 Å². The van der Waals surface area contributed by atoms with Gasteiger partial charge in [0.1, 0.15) is 54.4 Å². The van der Waals surface area contributed by atoms with Crippen LogP contribution in [0.1, 0.15) is 38.8 Å². The quantitative estimate of drug-likeness (QED) is 0.122. The topological polar surface area (TPSA) is 227 Å². The predicted molar refractivity (Wildman–Crippen MR) is 169 cm³/mol. The molecule has 0 spiro atoms. The molecule has 7 rings (SSSR count). The highest BCUT2D eigenvalue weighted by Gasteiger charge is 2.54. The number of ketones is 1. The van der Waals surface area contributed by atoms with E-state index in [-0.39, 0.29) is 35.0 Å². The Morgan fingerprint density at radius 1 is 1.00 bits per heavy atom. The highest BCUT2D eigenvalue weighted by molar-refractivity contribution is 6.04. The van der Waals surface area contributed by atoms with Crippen molar-refractivity contribution in [2.24, 2.45) is 0 Å². The number of ether oxygens (including phenoxy) is 6. The average molecular weight is 694 g/mol. The van der Waals surface area contributed by atoms with Crippen LogP contribution in [-0.4, -0.2) is 116 Å². The molecule has 3 aromatic carbocycles. The van der Waals surface area contributed by atoms with E-state index in [4.69, 9.17) is 28.4 Å². The number of carbonyl (C=O) groups excluding carboxylic acids is 2. The summed E-state index contributed by atoms with van der Waals surface area (Å²) in [5.74, 6) is -0.456. The van der Waals surface area contributed by atoms with E-state index in [0.29, 0.717) is 22.0 Å². The third kappa shape index (κ3) is 6.41. The highest BCUT2D eigenvalue weighted by atomic mass is 16.8. The number of esters is 1. The number of aromatic amines is 1. The van der Waals surface area contributed by atoms with Gasteiger partial charge in [0.15, 0.2) is 23.8 Å². The number of hydrogen-bond acceptors (Lipinski definition) is 14. The first-order chi connectivity index (χ1) is 24.0. The molecule has 2 saturated heterocycles. The van der Waals surface area contributed by atoms with Crippen LogP contribution in [0.5, 0.6) is 17.2 Å². The molecule has 4 aromatic rings. The summed E-state index contributed by atoms with van der Waals surface area (Å²) in [5.41, 5.74) is -0.135. The van der Waals surface area contributed by atoms with Gasteiger partial charge in [-0.2, -0.15) is 0 Å². The maximum atomic E-state index is 12.8. The molecule has 0 bridgehead atoms. The Bertz CT molecular complexity index is 1860. The van der Waals surface area contributed by atoms with Gasteiger partial charge in [0.2, 0.25) is 6.29 Å². The highest BCUT2D eigenvalue weighted by Crippen LogP contribution is 2.38. The van der Waals surface area contributed by atoms with Crippen LogP contribution in [-0.2, 0) is 18.9 Å². The molecule has 3 aliphatic heterocycles. The van der Waals surface area contributed by atoms with Crippen molar-refractivity contribution in [1.82, 2.24) is 4.98 Å². The fourth-order valence-corrected chi connectivity index (χ4v) is 6.25. The van der Waals surface area contributed by atoms with Gasteiger partial charge in [-0.05, 0) is 35.9 Å². The van der Waals surface area contributed by atoms with E-state index >= 15 is 0 Å². The largest absolute Gasteiger partial charge is 0.508 e. The molecule has 9 atom stereocenters. The van der Waals surface area contributed by atoms with Gasteiger partial charge in [0.05, 0.1) is 30.8 Å². The molecule has 0 radical (unpaired) electrons. The molecule has 0 saturated carbocycles. The lowest BCUT2D eigenvalue weighted by atomic mass is 9.96. The molecular formula is C35H35NO14. The maximum Gasteiger partial charge on any atom is 0.340 e. The molecule has 2 fully saturated rings. The van der Waals surface area contributed by atoms with Crippen molar-refractivity contribution < 1.29 is 68.6 Å². The number of benzene rings is 3. The Balaban J connectivity index is 1.02. The molecule has 264 valence electrons. The van der Waals surface area contributed by atoms with Crippen molar-refractivity contribution in [2.45, 2.75) is 61.2 Å². The van der Waals surface area contributed by atoms with E-state index in [2.05, 4.69) is 4.98 Å². The van der Waals surface area contributed by atoms with Crippen LogP contribution in [0.25, 0.3) is 10.9 Å². The van der Waals surface area contributed by atoms with E-state index in [1.165, 1.54) is 24.4 Å². The number of carbonyl (C=O) groups is 2. The summed E-state index contributed by atoms with van der Waals surface area (Å²) < 4.78 is 34.3. The zero-order valence-electron chi connectivity index (χ0n) is 26.3. The second kappa shape index (κ2) is 13.6. The van der Waals surface area contributed by atoms with Gasteiger partial charge in [-0.3, -0.25) is 4.79 Å². The summed E-state index contributed by atoms with van der Waals surface area (Å²) in [6.07, 6.45) is -9.99. The number of phenols is 1. The van der Waals surface area contributed by atoms with Crippen molar-refractivity contribution in [2.75, 3.05) is 19.8 Å². The fourth-order valence-electron chi connectivity index (χ4n) is 6.25. The minimum atomic E-state index is -2.09. The summed E-state index contributed by atoms with van der Waals surface area (Å²) in [4.78, 5) is 28.5. The molecule has 3 aliphatic rings. The Kier molecular flexibility index (Phi) is 9.23. The van der Waals surface area contributed by atoms with Crippen molar-refractivity contribution in [3.05, 3.63) is 89.6 Å². The number of Topliss-reactive ketones (excluding diaryl/α,β-unsaturated/α-hetero) is 1. The molecule has 0 unspecified atom stereocenters. The monoisotopic (exact) mass is 693 g/mol. The van der Waals surface area contributed by atoms with Crippen molar-refractivity contribution in [3.63, 3.8) is 0 Å². The number of para-hydroxylation sites is 1. The van der Waals surface area contributed by atoms with Crippen molar-refractivity contribution in [1.29, 1.82) is 0 Å². The predicted octanol–water partition coefficient (Wildman–Crippen LogP) is 1.09. The van der Waals surface area contributed by atoms with Gasteiger partial charge in [-0.1, -0.05) is 30.3 Å². The van der Waals surface area contributed by atoms with Gasteiger partial charge in [0.25, 0.3) is 0 Å². The van der Waals surface area contributed by atoms with Crippen LogP contribution in [0, 0.1) is 0 Å². The average Bonchev–Trinajstić information content (AvgIpc) is 3.67. The number of H-pyrrole nitrogens is 1. The van der Waals surface area contributed by atoms with Crippen molar-refractivity contribution >= 4 is 22.7 Å². The van der Waals surface area contributed by atoms with Crippen LogP contribution in [0.15, 0.2) is 72.9 Å². The zero-order valence-corrected chi connectivity index (χ0v) is 26.3. The summed E-state index contributed by atoms with van der Waals surface area (Å²) in [6, 6.07) is 17.8. The first-order valence-corrected chi connectivity index (χ1v) is 15.9. The minimum Gasteiger partial charge on any atom is -0.508 e. The minimum absolute atomic E-state index is 0.0382. The fraction of sp³-hybridized carbons (Fsp3) is 0.371. The Hall–Kier alpha value is -4.58. The third-order valence-corrected chi connectivity index (χ3v) is 9.09. The number of aliphatic hydroxyl groups is 5. The van der Waals surface area contributed by atoms with Crippen LogP contribution < -0.4 is 9.47 Å². The molecule has 15 heteroatoms. The number of aromatic hydroxyl groups is 1. The number of rotatable bonds is 9. The first-order valence-electron chi connectivity index (χ1n) is 15.9. The smallest absolute Gasteiger partial charge is 0.340 e. The number of nitrogens with one attached hydrogen (secondary N) is 1. The second-order valence-electron chi connectivity index (χ2n) is 12.5. The summed E-state index contributed by atoms with van der Waals surface area (Å²) in [7, 11) is 0. The van der Waals surface area contributed by atoms with E-state index in [0.717, 1.165) is 0 Å². The van der Waals surface area contributed by atoms with E-state index in [9.17, 15) is 40.2 Å². The lowest BCUT2D eigenvalue weighted by Crippen LogP contribution is -2.62. The second-order valence-corrected chi connectivity index (χ2v) is 12.5. The summed E-state index contributed by atoms with van der Waals surface area (Å²) in [5, 5.41) is 64.0. The molecular weight excluding hydrogens is 658 g/mol. The molecule has 0 amide bonds. The van der Waals surface area contributed by atoms with Crippen LogP contribution >= 0.6 is 0 Å². The third-order valence-electron chi connectivity index (χ3n) is 9.09. The standard InChI is InChI=1S/C35H35NO14/c37-14-27-28(40)29(41)30(50-34-31(42)35(44,16-46-34)15-45-32(43)22-13-36-23-4-2-1-3-20(22)23)33(49-27)47-19-8-5-17(6-9-19)25-12-24(39)21-10-7-18(38)11-26(21)48-25/h1-11,13,25,27-31,33-34,36-38,40-42,44H,12,14-16H2/t25-,27+,28-,29-,30+,31+,33+,34-,35-/m0/s1. The van der Waals surface area contributed by atoms with Gasteiger partial charge >= 0.3 is 5.97 Å². The lowest BCUT2D eigenvalue weighted by molar-refractivity contribution is -0.318. The zero-order chi connectivity index (χ0) is 35.2. The van der Waals surface area contributed by atoms with E-state index in [1.807, 2.05) is 0 Å². The number of aliphatic hydroxyl groups excluding tert-OH is 4. The molecule has 0 aliphatic carbocycles. The number of aromatic nitrogens is 1. The Labute approximate surface area is 284 Å². The summed E-state index contributed by atoms with van der Waals surface area (Å²) in [6.45, 7) is -1.83. The number of phenolic OH excluding ortho intramolecular Hbond substituents is 1. The van der Waals surface area contributed by atoms with Crippen molar-refractivity contribution in [3.8, 4) is 17.2 Å². The number of fused-ring (bicyclic) bond motifs is 2. The SMILES string of the molecule is O=C1C[C@@H](c2ccc(O[C@@H]3O[C@H](CO)[C@H](O)[C@H](O)[C@H]3O[C@@H]3OC[C@@](O)(COC(=O)c4c[nH]c5ccccc45)[C@@H]3O)cc2)Oc2cc(O)ccc21. The molecule has 4 heterocycles. The molecule has 1 aromatic heterocycles. The van der Waals surface area contributed by atoms with E-state index < -0.39 is 80.6 Å². The number of hydrogen-bond donors (Lipinski definition) is 7. The van der Waals surface area contributed by atoms with Crippen LogP contribution in [0.4, 0.5) is 0 Å². The first kappa shape index (κ1) is 33.9. The van der Waals surface area contributed by atoms with Gasteiger partial charge in [-0.15, -0.1) is 0 Å². The molecule has 15 nitrogen and oxygen atoms in total. The summed E-state index contributed by atoms with van der Waals surface area (Å²) >= 11 is 0. The molecule has 50 heavy (non-hydrogen) atoms. The lowest BCUT2D eigenvalue weighted by Gasteiger charge is -2.42. The van der Waals surface area contributed by atoms with Crippen LogP contribution in [0.2, 0.25) is 0 Å². The molecule has 7 N–H and O–H groups in total. The van der Waals surface area contributed by atoms with Gasteiger partial charge < -0.3 is 64.0 Å². The maximum absolute atomic E-state index is 12.8. The Morgan fingerprint density at radius 3 is 2.56 bits per heavy atom. The van der Waals surface area contributed by atoms with Gasteiger partial charge in [0, 0.05) is 23.2 Å².